The first kappa shape index (κ1) is 15.4. The summed E-state index contributed by atoms with van der Waals surface area (Å²) in [6, 6.07) is 0. The van der Waals surface area contributed by atoms with E-state index in [4.69, 9.17) is 16.2 Å². The van der Waals surface area contributed by atoms with Gasteiger partial charge in [-0.25, -0.2) is 0 Å². The molecule has 0 radical (unpaired) electrons. The number of carbonyl (C=O) groups excluding carboxylic acids is 1. The highest BCUT2D eigenvalue weighted by Crippen LogP contribution is 2.35. The van der Waals surface area contributed by atoms with E-state index >= 15 is 0 Å². The molecule has 0 aromatic heterocycles. The number of primary amides is 1. The van der Waals surface area contributed by atoms with E-state index in [1.807, 2.05) is 0 Å². The van der Waals surface area contributed by atoms with Crippen LogP contribution in [0.4, 0.5) is 0 Å². The molecule has 4 N–H and O–H groups in total. The summed E-state index contributed by atoms with van der Waals surface area (Å²) in [4.78, 5) is 13.7. The molecule has 2 atom stereocenters. The van der Waals surface area contributed by atoms with Crippen molar-refractivity contribution in [1.29, 1.82) is 0 Å². The lowest BCUT2D eigenvalue weighted by Crippen LogP contribution is -2.55. The van der Waals surface area contributed by atoms with Crippen LogP contribution in [0.25, 0.3) is 0 Å². The molecule has 2 unspecified atom stereocenters. The normalized spacial score (nSPS) is 27.9. The van der Waals surface area contributed by atoms with Gasteiger partial charge in [-0.2, -0.15) is 0 Å². The van der Waals surface area contributed by atoms with Crippen LogP contribution < -0.4 is 11.5 Å². The van der Waals surface area contributed by atoms with Gasteiger partial charge >= 0.3 is 0 Å². The van der Waals surface area contributed by atoms with Crippen molar-refractivity contribution in [1.82, 2.24) is 4.90 Å². The van der Waals surface area contributed by atoms with E-state index in [2.05, 4.69) is 11.9 Å². The van der Waals surface area contributed by atoms with Crippen molar-refractivity contribution in [3.8, 4) is 0 Å². The second-order valence-corrected chi connectivity index (χ2v) is 5.43. The molecule has 0 heterocycles. The van der Waals surface area contributed by atoms with E-state index in [9.17, 15) is 4.79 Å². The van der Waals surface area contributed by atoms with E-state index in [1.165, 1.54) is 0 Å². The lowest BCUT2D eigenvalue weighted by atomic mass is 9.85. The third-order valence-electron chi connectivity index (χ3n) is 4.08. The number of ether oxygens (including phenoxy) is 1. The van der Waals surface area contributed by atoms with Crippen LogP contribution in [0, 0.1) is 5.92 Å². The molecule has 0 aromatic carbocycles. The maximum absolute atomic E-state index is 11.5. The summed E-state index contributed by atoms with van der Waals surface area (Å²) in [5.41, 5.74) is 10.8. The fourth-order valence-electron chi connectivity index (χ4n) is 2.80. The Balaban J connectivity index is 2.32. The highest BCUT2D eigenvalue weighted by Gasteiger charge is 2.43. The zero-order valence-corrected chi connectivity index (χ0v) is 11.7. The number of hydrogen-bond acceptors (Lipinski definition) is 4. The second kappa shape index (κ2) is 7.07. The molecule has 1 aliphatic carbocycles. The largest absolute Gasteiger partial charge is 0.385 e. The Hall–Kier alpha value is -0.650. The first-order valence-electron chi connectivity index (χ1n) is 6.77. The Morgan fingerprint density at radius 2 is 2.22 bits per heavy atom. The Labute approximate surface area is 110 Å². The molecule has 1 saturated carbocycles. The average molecular weight is 257 g/mol. The van der Waals surface area contributed by atoms with Crippen LogP contribution in [0.1, 0.15) is 32.1 Å². The first-order chi connectivity index (χ1) is 8.50. The van der Waals surface area contributed by atoms with Crippen molar-refractivity contribution < 1.29 is 9.53 Å². The molecule has 18 heavy (non-hydrogen) atoms. The average Bonchev–Trinajstić information content (AvgIpc) is 2.70. The van der Waals surface area contributed by atoms with Crippen LogP contribution in [-0.4, -0.2) is 50.2 Å². The minimum absolute atomic E-state index is 0.236. The Morgan fingerprint density at radius 1 is 1.50 bits per heavy atom. The molecule has 106 valence electrons. The Morgan fingerprint density at radius 3 is 2.83 bits per heavy atom. The van der Waals surface area contributed by atoms with E-state index in [1.54, 1.807) is 7.11 Å². The van der Waals surface area contributed by atoms with Crippen molar-refractivity contribution >= 4 is 5.91 Å². The van der Waals surface area contributed by atoms with Gasteiger partial charge in [0.05, 0.1) is 5.54 Å². The van der Waals surface area contributed by atoms with Gasteiger partial charge in [-0.1, -0.05) is 6.42 Å². The number of nitrogens with two attached hydrogens (primary N) is 2. The molecule has 0 saturated heterocycles. The van der Waals surface area contributed by atoms with Gasteiger partial charge in [0.25, 0.3) is 0 Å². The van der Waals surface area contributed by atoms with Crippen molar-refractivity contribution in [3.63, 3.8) is 0 Å². The van der Waals surface area contributed by atoms with Crippen LogP contribution in [0.15, 0.2) is 0 Å². The van der Waals surface area contributed by atoms with Crippen LogP contribution in [0.2, 0.25) is 0 Å². The third-order valence-corrected chi connectivity index (χ3v) is 4.08. The fraction of sp³-hybridized carbons (Fsp3) is 0.923. The van der Waals surface area contributed by atoms with Gasteiger partial charge in [0.1, 0.15) is 0 Å². The number of methoxy groups -OCH3 is 1. The van der Waals surface area contributed by atoms with Crippen molar-refractivity contribution in [2.24, 2.45) is 17.4 Å². The molecule has 5 nitrogen and oxygen atoms in total. The van der Waals surface area contributed by atoms with Crippen LogP contribution in [-0.2, 0) is 9.53 Å². The molecular weight excluding hydrogens is 230 g/mol. The van der Waals surface area contributed by atoms with Crippen LogP contribution in [0.3, 0.4) is 0 Å². The smallest absolute Gasteiger partial charge is 0.237 e. The monoisotopic (exact) mass is 257 g/mol. The standard InChI is InChI=1S/C13H27N3O2/c1-16(8-4-10-18-2)9-6-11-5-3-7-13(11,15)12(14)17/h11H,3-10,15H2,1-2H3,(H2,14,17). The summed E-state index contributed by atoms with van der Waals surface area (Å²) in [6.45, 7) is 2.76. The molecular formula is C13H27N3O2. The summed E-state index contributed by atoms with van der Waals surface area (Å²) in [6.07, 6.45) is 4.74. The minimum atomic E-state index is -0.770. The van der Waals surface area contributed by atoms with E-state index in [0.29, 0.717) is 0 Å². The topological polar surface area (TPSA) is 81.6 Å². The molecule has 1 amide bonds. The summed E-state index contributed by atoms with van der Waals surface area (Å²) in [7, 11) is 3.81. The number of amides is 1. The predicted octanol–water partition coefficient (Wildman–Crippen LogP) is 0.328. The van der Waals surface area contributed by atoms with Gasteiger partial charge in [-0.05, 0) is 45.2 Å². The minimum Gasteiger partial charge on any atom is -0.385 e. The second-order valence-electron chi connectivity index (χ2n) is 5.43. The van der Waals surface area contributed by atoms with E-state index < -0.39 is 5.54 Å². The number of hydrogen-bond donors (Lipinski definition) is 2. The molecule has 0 aliphatic heterocycles. The molecule has 1 aliphatic rings. The molecule has 1 fully saturated rings. The maximum atomic E-state index is 11.5. The van der Waals surface area contributed by atoms with Gasteiger partial charge in [0.2, 0.25) is 5.91 Å². The van der Waals surface area contributed by atoms with E-state index in [-0.39, 0.29) is 11.8 Å². The first-order valence-corrected chi connectivity index (χ1v) is 6.77. The molecule has 0 aromatic rings. The lowest BCUT2D eigenvalue weighted by Gasteiger charge is -2.29. The lowest BCUT2D eigenvalue weighted by molar-refractivity contribution is -0.124. The number of rotatable bonds is 8. The third kappa shape index (κ3) is 3.93. The Bertz CT molecular complexity index is 273. The number of nitrogens with zero attached hydrogens (tertiary/aromatic N) is 1. The van der Waals surface area contributed by atoms with Crippen molar-refractivity contribution in [2.45, 2.75) is 37.6 Å². The van der Waals surface area contributed by atoms with Crippen LogP contribution >= 0.6 is 0 Å². The molecule has 5 heteroatoms. The van der Waals surface area contributed by atoms with E-state index in [0.717, 1.165) is 51.8 Å². The predicted molar refractivity (Wildman–Crippen MR) is 72.1 cm³/mol. The zero-order chi connectivity index (χ0) is 13.6. The van der Waals surface area contributed by atoms with Crippen LogP contribution in [0.5, 0.6) is 0 Å². The quantitative estimate of drug-likeness (QED) is 0.614. The van der Waals surface area contributed by atoms with Gasteiger partial charge in [-0.3, -0.25) is 4.79 Å². The highest BCUT2D eigenvalue weighted by molar-refractivity contribution is 5.85. The van der Waals surface area contributed by atoms with Crippen molar-refractivity contribution in [2.75, 3.05) is 33.9 Å². The molecule has 0 bridgehead atoms. The Kier molecular flexibility index (Phi) is 6.05. The fourth-order valence-corrected chi connectivity index (χ4v) is 2.80. The number of carbonyl (C=O) groups is 1. The molecule has 0 spiro atoms. The summed E-state index contributed by atoms with van der Waals surface area (Å²) in [5, 5.41) is 0. The van der Waals surface area contributed by atoms with Gasteiger partial charge < -0.3 is 21.1 Å². The van der Waals surface area contributed by atoms with Gasteiger partial charge in [0, 0.05) is 20.3 Å². The SMILES string of the molecule is COCCCN(C)CCC1CCCC1(N)C(N)=O. The maximum Gasteiger partial charge on any atom is 0.237 e. The summed E-state index contributed by atoms with van der Waals surface area (Å²) in [5.74, 6) is -0.105. The van der Waals surface area contributed by atoms with Gasteiger partial charge in [0.15, 0.2) is 0 Å². The van der Waals surface area contributed by atoms with Crippen molar-refractivity contribution in [3.05, 3.63) is 0 Å². The van der Waals surface area contributed by atoms with Gasteiger partial charge in [-0.15, -0.1) is 0 Å². The highest BCUT2D eigenvalue weighted by atomic mass is 16.5. The summed E-state index contributed by atoms with van der Waals surface area (Å²) >= 11 is 0. The zero-order valence-electron chi connectivity index (χ0n) is 11.7. The molecule has 1 rings (SSSR count). The summed E-state index contributed by atoms with van der Waals surface area (Å²) < 4.78 is 5.03.